The standard InChI is InChI=1S/C26H25ClN4O3/c1-3-33-23-15-19(16-28-30-20-7-5-4-6-8-20)11-14-22(23)34-24-17-29-31(26(32)25(24)27)21-12-9-18(2)10-13-21/h4-15,17,28,30H,3,16H2,1-2H3. The molecule has 0 fully saturated rings. The van der Waals surface area contributed by atoms with Crippen LogP contribution in [0.1, 0.15) is 18.1 Å². The molecule has 0 saturated heterocycles. The summed E-state index contributed by atoms with van der Waals surface area (Å²) in [6, 6.07) is 22.8. The molecule has 4 aromatic rings. The van der Waals surface area contributed by atoms with E-state index in [1.54, 1.807) is 6.07 Å². The molecule has 8 heteroatoms. The van der Waals surface area contributed by atoms with E-state index in [0.29, 0.717) is 30.3 Å². The van der Waals surface area contributed by atoms with Gasteiger partial charge in [0.1, 0.15) is 0 Å². The molecule has 0 saturated carbocycles. The number of nitrogens with one attached hydrogen (secondary N) is 2. The minimum Gasteiger partial charge on any atom is -0.490 e. The molecule has 0 spiro atoms. The van der Waals surface area contributed by atoms with Crippen molar-refractivity contribution < 1.29 is 9.47 Å². The van der Waals surface area contributed by atoms with Crippen molar-refractivity contribution in [3.63, 3.8) is 0 Å². The molecule has 1 heterocycles. The van der Waals surface area contributed by atoms with Crippen LogP contribution in [0.2, 0.25) is 5.02 Å². The number of anilines is 1. The normalized spacial score (nSPS) is 10.7. The summed E-state index contributed by atoms with van der Waals surface area (Å²) in [5.41, 5.74) is 9.52. The van der Waals surface area contributed by atoms with E-state index in [2.05, 4.69) is 16.0 Å². The number of benzene rings is 3. The van der Waals surface area contributed by atoms with E-state index in [-0.39, 0.29) is 10.8 Å². The Labute approximate surface area is 202 Å². The van der Waals surface area contributed by atoms with Crippen molar-refractivity contribution in [3.8, 4) is 22.9 Å². The van der Waals surface area contributed by atoms with Gasteiger partial charge in [0.2, 0.25) is 0 Å². The van der Waals surface area contributed by atoms with Gasteiger partial charge in [0.15, 0.2) is 22.3 Å². The number of ether oxygens (including phenoxy) is 2. The number of rotatable bonds is 9. The van der Waals surface area contributed by atoms with Crippen molar-refractivity contribution in [1.82, 2.24) is 15.2 Å². The predicted octanol–water partition coefficient (Wildman–Crippen LogP) is 5.50. The molecule has 1 aromatic heterocycles. The van der Waals surface area contributed by atoms with Crippen LogP contribution in [-0.2, 0) is 6.54 Å². The molecule has 34 heavy (non-hydrogen) atoms. The molecular formula is C26H25ClN4O3. The predicted molar refractivity (Wildman–Crippen MR) is 134 cm³/mol. The quantitative estimate of drug-likeness (QED) is 0.310. The lowest BCUT2D eigenvalue weighted by Gasteiger charge is -2.15. The van der Waals surface area contributed by atoms with Crippen molar-refractivity contribution in [2.24, 2.45) is 0 Å². The molecule has 174 valence electrons. The largest absolute Gasteiger partial charge is 0.490 e. The molecule has 0 radical (unpaired) electrons. The van der Waals surface area contributed by atoms with Gasteiger partial charge in [0, 0.05) is 12.2 Å². The highest BCUT2D eigenvalue weighted by molar-refractivity contribution is 6.31. The van der Waals surface area contributed by atoms with Crippen LogP contribution in [0.15, 0.2) is 83.8 Å². The first-order valence-corrected chi connectivity index (χ1v) is 11.3. The van der Waals surface area contributed by atoms with Crippen LogP contribution >= 0.6 is 11.6 Å². The van der Waals surface area contributed by atoms with Gasteiger partial charge < -0.3 is 14.9 Å². The maximum atomic E-state index is 12.8. The zero-order valence-corrected chi connectivity index (χ0v) is 19.7. The first-order valence-electron chi connectivity index (χ1n) is 10.9. The Hall–Kier alpha value is -3.81. The highest BCUT2D eigenvalue weighted by Gasteiger charge is 2.15. The van der Waals surface area contributed by atoms with Gasteiger partial charge in [-0.15, -0.1) is 0 Å². The van der Waals surface area contributed by atoms with Crippen LogP contribution in [0.5, 0.6) is 17.2 Å². The van der Waals surface area contributed by atoms with Crippen LogP contribution in [0.25, 0.3) is 5.69 Å². The van der Waals surface area contributed by atoms with E-state index in [0.717, 1.165) is 16.8 Å². The molecule has 0 amide bonds. The number of para-hydroxylation sites is 1. The van der Waals surface area contributed by atoms with E-state index in [9.17, 15) is 4.79 Å². The molecule has 2 N–H and O–H groups in total. The molecule has 0 unspecified atom stereocenters. The number of hydrogen-bond acceptors (Lipinski definition) is 6. The number of hydrazine groups is 1. The first kappa shape index (κ1) is 23.4. The Morgan fingerprint density at radius 2 is 1.74 bits per heavy atom. The number of aryl methyl sites for hydroxylation is 1. The number of aromatic nitrogens is 2. The Bertz CT molecular complexity index is 1310. The van der Waals surface area contributed by atoms with Gasteiger partial charge in [-0.2, -0.15) is 9.78 Å². The Morgan fingerprint density at radius 1 is 0.971 bits per heavy atom. The maximum absolute atomic E-state index is 12.8. The number of hydrogen-bond donors (Lipinski definition) is 2. The van der Waals surface area contributed by atoms with Crippen LogP contribution in [-0.4, -0.2) is 16.4 Å². The van der Waals surface area contributed by atoms with Gasteiger partial charge in [-0.05, 0) is 55.8 Å². The molecule has 0 aliphatic carbocycles. The summed E-state index contributed by atoms with van der Waals surface area (Å²) < 4.78 is 13.0. The Balaban J connectivity index is 1.51. The van der Waals surface area contributed by atoms with Crippen molar-refractivity contribution in [2.45, 2.75) is 20.4 Å². The fourth-order valence-electron chi connectivity index (χ4n) is 3.26. The minimum atomic E-state index is -0.464. The maximum Gasteiger partial charge on any atom is 0.294 e. The van der Waals surface area contributed by atoms with E-state index in [1.807, 2.05) is 80.6 Å². The van der Waals surface area contributed by atoms with E-state index in [1.165, 1.54) is 10.9 Å². The van der Waals surface area contributed by atoms with Crippen molar-refractivity contribution >= 4 is 17.3 Å². The van der Waals surface area contributed by atoms with Gasteiger partial charge >= 0.3 is 0 Å². The van der Waals surface area contributed by atoms with Crippen LogP contribution in [0, 0.1) is 6.92 Å². The zero-order chi connectivity index (χ0) is 23.9. The Morgan fingerprint density at radius 3 is 2.47 bits per heavy atom. The average molecular weight is 477 g/mol. The van der Waals surface area contributed by atoms with Gasteiger partial charge in [-0.1, -0.05) is 53.6 Å². The third-order valence-corrected chi connectivity index (χ3v) is 5.34. The lowest BCUT2D eigenvalue weighted by Crippen LogP contribution is -2.21. The molecule has 0 aliphatic heterocycles. The second-order valence-electron chi connectivity index (χ2n) is 7.54. The van der Waals surface area contributed by atoms with Crippen LogP contribution in [0.3, 0.4) is 0 Å². The molecule has 0 aliphatic rings. The lowest BCUT2D eigenvalue weighted by molar-refractivity contribution is 0.320. The lowest BCUT2D eigenvalue weighted by atomic mass is 10.2. The van der Waals surface area contributed by atoms with Gasteiger partial charge in [0.25, 0.3) is 5.56 Å². The fourth-order valence-corrected chi connectivity index (χ4v) is 3.43. The summed E-state index contributed by atoms with van der Waals surface area (Å²) in [6.07, 6.45) is 1.43. The second-order valence-corrected chi connectivity index (χ2v) is 7.91. The van der Waals surface area contributed by atoms with Crippen LogP contribution < -0.4 is 25.9 Å². The molecule has 0 bridgehead atoms. The average Bonchev–Trinajstić information content (AvgIpc) is 2.85. The minimum absolute atomic E-state index is 0.0594. The summed E-state index contributed by atoms with van der Waals surface area (Å²) in [5.74, 6) is 1.14. The van der Waals surface area contributed by atoms with Gasteiger partial charge in [0.05, 0.1) is 18.5 Å². The molecule has 0 atom stereocenters. The van der Waals surface area contributed by atoms with Gasteiger partial charge in [-0.3, -0.25) is 4.79 Å². The SMILES string of the molecule is CCOc1cc(CNNc2ccccc2)ccc1Oc1cnn(-c2ccc(C)cc2)c(=O)c1Cl. The number of nitrogens with zero attached hydrogens (tertiary/aromatic N) is 2. The van der Waals surface area contributed by atoms with Gasteiger partial charge in [-0.25, -0.2) is 5.43 Å². The van der Waals surface area contributed by atoms with E-state index >= 15 is 0 Å². The topological polar surface area (TPSA) is 77.4 Å². The Kier molecular flexibility index (Phi) is 7.47. The van der Waals surface area contributed by atoms with E-state index < -0.39 is 5.56 Å². The first-order chi connectivity index (χ1) is 16.5. The molecule has 4 rings (SSSR count). The molecule has 7 nitrogen and oxygen atoms in total. The van der Waals surface area contributed by atoms with Crippen molar-refractivity contribution in [1.29, 1.82) is 0 Å². The smallest absolute Gasteiger partial charge is 0.294 e. The fraction of sp³-hybridized carbons (Fsp3) is 0.154. The second kappa shape index (κ2) is 10.9. The zero-order valence-electron chi connectivity index (χ0n) is 18.9. The van der Waals surface area contributed by atoms with E-state index in [4.69, 9.17) is 21.1 Å². The third-order valence-electron chi connectivity index (χ3n) is 4.99. The molecule has 3 aromatic carbocycles. The van der Waals surface area contributed by atoms with Crippen molar-refractivity contribution in [2.75, 3.05) is 12.0 Å². The van der Waals surface area contributed by atoms with Crippen LogP contribution in [0.4, 0.5) is 5.69 Å². The summed E-state index contributed by atoms with van der Waals surface area (Å²) in [5, 5.41) is 4.17. The summed E-state index contributed by atoms with van der Waals surface area (Å²) in [6.45, 7) is 4.88. The van der Waals surface area contributed by atoms with Crippen molar-refractivity contribution in [3.05, 3.63) is 105 Å². The summed E-state index contributed by atoms with van der Waals surface area (Å²) >= 11 is 6.36. The highest BCUT2D eigenvalue weighted by Crippen LogP contribution is 2.34. The molecular weight excluding hydrogens is 452 g/mol. The third kappa shape index (κ3) is 5.57. The monoisotopic (exact) mass is 476 g/mol. The number of halogens is 1. The summed E-state index contributed by atoms with van der Waals surface area (Å²) in [7, 11) is 0. The highest BCUT2D eigenvalue weighted by atomic mass is 35.5. The summed E-state index contributed by atoms with van der Waals surface area (Å²) in [4.78, 5) is 12.8.